The second kappa shape index (κ2) is 4.76. The molecule has 1 fully saturated rings. The molecule has 2 aromatic heterocycles. The average molecular weight is 297 g/mol. The largest absolute Gasteiger partial charge is 0.366 e. The van der Waals surface area contributed by atoms with Crippen LogP contribution in [0, 0.1) is 20.8 Å². The third kappa shape index (κ3) is 2.13. The van der Waals surface area contributed by atoms with Crippen LogP contribution in [0.15, 0.2) is 0 Å². The van der Waals surface area contributed by atoms with Crippen molar-refractivity contribution in [2.75, 3.05) is 0 Å². The number of pyridine rings is 1. The number of hydrogen-bond acceptors (Lipinski definition) is 3. The van der Waals surface area contributed by atoms with E-state index in [0.29, 0.717) is 11.5 Å². The predicted octanol–water partition coefficient (Wildman–Crippen LogP) is 3.62. The van der Waals surface area contributed by atoms with Gasteiger partial charge in [-0.15, -0.1) is 23.7 Å². The summed E-state index contributed by atoms with van der Waals surface area (Å²) in [6.07, 6.45) is 2.32. The first-order valence-electron chi connectivity index (χ1n) is 6.20. The van der Waals surface area contributed by atoms with Crippen molar-refractivity contribution >= 4 is 39.9 Å². The van der Waals surface area contributed by atoms with Crippen molar-refractivity contribution < 1.29 is 4.79 Å². The number of halogens is 1. The molecule has 2 N–H and O–H groups in total. The molecule has 102 valence electrons. The van der Waals surface area contributed by atoms with E-state index < -0.39 is 0 Å². The van der Waals surface area contributed by atoms with Crippen LogP contribution >= 0.6 is 23.7 Å². The second-order valence-corrected chi connectivity index (χ2v) is 6.29. The van der Waals surface area contributed by atoms with Gasteiger partial charge in [0, 0.05) is 10.3 Å². The molecule has 5 heteroatoms. The van der Waals surface area contributed by atoms with Gasteiger partial charge in [0.2, 0.25) is 0 Å². The summed E-state index contributed by atoms with van der Waals surface area (Å²) < 4.78 is 0. The lowest BCUT2D eigenvalue weighted by molar-refractivity contribution is 0.0998. The predicted molar refractivity (Wildman–Crippen MR) is 81.6 cm³/mol. The lowest BCUT2D eigenvalue weighted by Gasteiger charge is -2.11. The number of rotatable bonds is 2. The molecule has 0 aromatic carbocycles. The lowest BCUT2D eigenvalue weighted by Crippen LogP contribution is -2.16. The Morgan fingerprint density at radius 2 is 1.95 bits per heavy atom. The number of carbonyl (C=O) groups is 1. The van der Waals surface area contributed by atoms with Gasteiger partial charge in [-0.05, 0) is 50.7 Å². The molecular weight excluding hydrogens is 280 g/mol. The molecule has 1 aliphatic rings. The Morgan fingerprint density at radius 1 is 1.32 bits per heavy atom. The zero-order valence-corrected chi connectivity index (χ0v) is 12.9. The fraction of sp³-hybridized carbons (Fsp3) is 0.429. The van der Waals surface area contributed by atoms with Gasteiger partial charge in [-0.2, -0.15) is 0 Å². The van der Waals surface area contributed by atoms with Crippen molar-refractivity contribution in [3.63, 3.8) is 0 Å². The Hall–Kier alpha value is -1.13. The number of hydrogen-bond donors (Lipinski definition) is 1. The summed E-state index contributed by atoms with van der Waals surface area (Å²) in [6, 6.07) is 0. The summed E-state index contributed by atoms with van der Waals surface area (Å²) in [4.78, 5) is 18.6. The Labute approximate surface area is 122 Å². The summed E-state index contributed by atoms with van der Waals surface area (Å²) in [5.74, 6) is 0.163. The van der Waals surface area contributed by atoms with Crippen LogP contribution in [0.25, 0.3) is 10.2 Å². The second-order valence-electron chi connectivity index (χ2n) is 5.09. The fourth-order valence-corrected chi connectivity index (χ4v) is 3.72. The third-order valence-corrected chi connectivity index (χ3v) is 4.87. The van der Waals surface area contributed by atoms with E-state index in [9.17, 15) is 4.79 Å². The van der Waals surface area contributed by atoms with Crippen LogP contribution < -0.4 is 5.73 Å². The van der Waals surface area contributed by atoms with E-state index in [1.54, 1.807) is 11.3 Å². The number of nitrogens with zero attached hydrogens (tertiary/aromatic N) is 1. The first-order valence-corrected chi connectivity index (χ1v) is 7.02. The van der Waals surface area contributed by atoms with Gasteiger partial charge in [-0.1, -0.05) is 0 Å². The highest BCUT2D eigenvalue weighted by Crippen LogP contribution is 2.47. The summed E-state index contributed by atoms with van der Waals surface area (Å²) in [6.45, 7) is 6.11. The molecule has 0 radical (unpaired) electrons. The van der Waals surface area contributed by atoms with Crippen molar-refractivity contribution in [1.82, 2.24) is 4.98 Å². The maximum atomic E-state index is 11.7. The van der Waals surface area contributed by atoms with E-state index in [-0.39, 0.29) is 18.3 Å². The topological polar surface area (TPSA) is 56.0 Å². The molecule has 19 heavy (non-hydrogen) atoms. The smallest absolute Gasteiger partial charge is 0.250 e. The Morgan fingerprint density at radius 3 is 2.47 bits per heavy atom. The zero-order valence-electron chi connectivity index (χ0n) is 11.2. The molecule has 1 saturated carbocycles. The number of nitrogens with two attached hydrogens (primary N) is 1. The van der Waals surface area contributed by atoms with Gasteiger partial charge >= 0.3 is 0 Å². The summed E-state index contributed by atoms with van der Waals surface area (Å²) >= 11 is 1.71. The van der Waals surface area contributed by atoms with Gasteiger partial charge in [0.15, 0.2) is 0 Å². The Kier molecular flexibility index (Phi) is 3.58. The van der Waals surface area contributed by atoms with Gasteiger partial charge in [-0.3, -0.25) is 4.79 Å². The highest BCUT2D eigenvalue weighted by atomic mass is 35.5. The number of fused-ring (bicyclic) bond motifs is 1. The van der Waals surface area contributed by atoms with Gasteiger partial charge in [-0.25, -0.2) is 4.98 Å². The summed E-state index contributed by atoms with van der Waals surface area (Å²) in [5.41, 5.74) is 9.40. The third-order valence-electron chi connectivity index (χ3n) is 3.77. The molecule has 3 nitrogen and oxygen atoms in total. The fourth-order valence-electron chi connectivity index (χ4n) is 2.62. The number of aromatic nitrogens is 1. The molecular formula is C14H17ClN2OS. The number of thiophene rings is 1. The molecule has 0 unspecified atom stereocenters. The number of aryl methyl sites for hydroxylation is 3. The molecule has 2 aromatic rings. The van der Waals surface area contributed by atoms with Crippen LogP contribution in [0.3, 0.4) is 0 Å². The average Bonchev–Trinajstić information content (AvgIpc) is 3.06. The molecule has 0 spiro atoms. The van der Waals surface area contributed by atoms with E-state index >= 15 is 0 Å². The quantitative estimate of drug-likeness (QED) is 0.920. The SMILES string of the molecule is Cc1nc2sc(C)c(C)c2c(C2CC2)c1C(N)=O.Cl. The van der Waals surface area contributed by atoms with Crippen molar-refractivity contribution in [1.29, 1.82) is 0 Å². The number of carbonyl (C=O) groups excluding carboxylic acids is 1. The van der Waals surface area contributed by atoms with E-state index in [0.717, 1.165) is 28.9 Å². The minimum absolute atomic E-state index is 0. The van der Waals surface area contributed by atoms with Crippen LogP contribution in [-0.4, -0.2) is 10.9 Å². The normalized spacial score (nSPS) is 14.5. The summed E-state index contributed by atoms with van der Waals surface area (Å²) in [5, 5.41) is 1.18. The van der Waals surface area contributed by atoms with Crippen LogP contribution in [-0.2, 0) is 0 Å². The van der Waals surface area contributed by atoms with Crippen molar-refractivity contribution in [3.05, 3.63) is 27.3 Å². The van der Waals surface area contributed by atoms with E-state index in [4.69, 9.17) is 5.73 Å². The molecule has 0 atom stereocenters. The Bertz CT molecular complexity index is 674. The van der Waals surface area contributed by atoms with Crippen LogP contribution in [0.4, 0.5) is 0 Å². The lowest BCUT2D eigenvalue weighted by atomic mass is 9.96. The van der Waals surface area contributed by atoms with E-state index in [1.165, 1.54) is 15.8 Å². The minimum Gasteiger partial charge on any atom is -0.366 e. The minimum atomic E-state index is -0.341. The summed E-state index contributed by atoms with van der Waals surface area (Å²) in [7, 11) is 0. The maximum absolute atomic E-state index is 11.7. The zero-order chi connectivity index (χ0) is 13.0. The number of primary amides is 1. The van der Waals surface area contributed by atoms with Crippen LogP contribution in [0.1, 0.15) is 50.8 Å². The molecule has 2 heterocycles. The first-order chi connectivity index (χ1) is 8.50. The maximum Gasteiger partial charge on any atom is 0.250 e. The molecule has 0 saturated heterocycles. The van der Waals surface area contributed by atoms with Crippen molar-refractivity contribution in [2.45, 2.75) is 39.5 Å². The van der Waals surface area contributed by atoms with E-state index in [2.05, 4.69) is 18.8 Å². The van der Waals surface area contributed by atoms with Crippen LogP contribution in [0.5, 0.6) is 0 Å². The Balaban J connectivity index is 0.00000133. The molecule has 1 aliphatic carbocycles. The van der Waals surface area contributed by atoms with E-state index in [1.807, 2.05) is 6.92 Å². The van der Waals surface area contributed by atoms with Gasteiger partial charge in [0.25, 0.3) is 5.91 Å². The highest BCUT2D eigenvalue weighted by Gasteiger charge is 2.32. The number of amides is 1. The molecule has 1 amide bonds. The molecule has 0 aliphatic heterocycles. The van der Waals surface area contributed by atoms with Gasteiger partial charge < -0.3 is 5.73 Å². The monoisotopic (exact) mass is 296 g/mol. The molecule has 3 rings (SSSR count). The van der Waals surface area contributed by atoms with Gasteiger partial charge in [0.1, 0.15) is 4.83 Å². The standard InChI is InChI=1S/C14H16N2OS.ClH/c1-6-8(3)18-14-10(6)12(9-4-5-9)11(13(15)17)7(2)16-14;/h9H,4-5H2,1-3H3,(H2,15,17);1H. The molecule has 0 bridgehead atoms. The van der Waals surface area contributed by atoms with Crippen molar-refractivity contribution in [3.8, 4) is 0 Å². The van der Waals surface area contributed by atoms with Gasteiger partial charge in [0.05, 0.1) is 11.3 Å². The van der Waals surface area contributed by atoms with Crippen LogP contribution in [0.2, 0.25) is 0 Å². The highest BCUT2D eigenvalue weighted by molar-refractivity contribution is 7.18. The first kappa shape index (κ1) is 14.3. The van der Waals surface area contributed by atoms with Crippen molar-refractivity contribution in [2.24, 2.45) is 5.73 Å².